The SMILES string of the molecule is CCCCc1c(C)nn(C(=O)OC(C)(C)C)c1C. The highest BCUT2D eigenvalue weighted by molar-refractivity contribution is 5.71. The summed E-state index contributed by atoms with van der Waals surface area (Å²) in [6.07, 6.45) is 2.82. The third-order valence-electron chi connectivity index (χ3n) is 2.79. The number of ether oxygens (including phenoxy) is 1. The lowest BCUT2D eigenvalue weighted by molar-refractivity contribution is 0.0510. The molecule has 0 atom stereocenters. The van der Waals surface area contributed by atoms with Gasteiger partial charge in [0, 0.05) is 0 Å². The minimum absolute atomic E-state index is 0.397. The summed E-state index contributed by atoms with van der Waals surface area (Å²) in [5.41, 5.74) is 2.50. The highest BCUT2D eigenvalue weighted by Crippen LogP contribution is 2.17. The Hall–Kier alpha value is -1.32. The molecule has 1 heterocycles. The number of carbonyl (C=O) groups excluding carboxylic acids is 1. The molecule has 0 saturated heterocycles. The first-order valence-electron chi connectivity index (χ1n) is 6.54. The van der Waals surface area contributed by atoms with Crippen LogP contribution in [0.15, 0.2) is 0 Å². The van der Waals surface area contributed by atoms with Crippen LogP contribution in [0.2, 0.25) is 0 Å². The predicted molar refractivity (Wildman–Crippen MR) is 71.9 cm³/mol. The van der Waals surface area contributed by atoms with E-state index < -0.39 is 11.7 Å². The Morgan fingerprint density at radius 3 is 2.44 bits per heavy atom. The van der Waals surface area contributed by atoms with Gasteiger partial charge in [-0.3, -0.25) is 0 Å². The topological polar surface area (TPSA) is 44.1 Å². The Bertz CT molecular complexity index is 428. The molecule has 0 spiro atoms. The number of carbonyl (C=O) groups is 1. The first-order valence-corrected chi connectivity index (χ1v) is 6.54. The largest absolute Gasteiger partial charge is 0.442 e. The Morgan fingerprint density at radius 2 is 1.94 bits per heavy atom. The van der Waals surface area contributed by atoms with Gasteiger partial charge in [-0.15, -0.1) is 0 Å². The van der Waals surface area contributed by atoms with Crippen molar-refractivity contribution in [1.82, 2.24) is 9.78 Å². The van der Waals surface area contributed by atoms with E-state index in [4.69, 9.17) is 4.74 Å². The van der Waals surface area contributed by atoms with Crippen molar-refractivity contribution in [2.24, 2.45) is 0 Å². The first kappa shape index (κ1) is 14.7. The summed E-state index contributed by atoms with van der Waals surface area (Å²) in [4.78, 5) is 12.0. The van der Waals surface area contributed by atoms with Crippen LogP contribution in [-0.2, 0) is 11.2 Å². The molecule has 0 aliphatic carbocycles. The fourth-order valence-electron chi connectivity index (χ4n) is 1.87. The lowest BCUT2D eigenvalue weighted by Crippen LogP contribution is -2.28. The minimum atomic E-state index is -0.493. The summed E-state index contributed by atoms with van der Waals surface area (Å²) in [7, 11) is 0. The summed E-state index contributed by atoms with van der Waals surface area (Å²) < 4.78 is 6.72. The van der Waals surface area contributed by atoms with Gasteiger partial charge < -0.3 is 4.74 Å². The molecule has 1 aromatic heterocycles. The summed E-state index contributed by atoms with van der Waals surface area (Å²) in [5, 5.41) is 4.29. The molecule has 18 heavy (non-hydrogen) atoms. The molecule has 1 rings (SSSR count). The van der Waals surface area contributed by atoms with E-state index in [9.17, 15) is 4.79 Å². The van der Waals surface area contributed by atoms with Crippen molar-refractivity contribution < 1.29 is 9.53 Å². The molecule has 4 heteroatoms. The van der Waals surface area contributed by atoms with Crippen LogP contribution in [0.25, 0.3) is 0 Å². The number of aromatic nitrogens is 2. The molecule has 0 bridgehead atoms. The molecule has 0 radical (unpaired) electrons. The maximum absolute atomic E-state index is 12.0. The van der Waals surface area contributed by atoms with E-state index in [0.29, 0.717) is 0 Å². The zero-order chi connectivity index (χ0) is 13.9. The van der Waals surface area contributed by atoms with Crippen molar-refractivity contribution in [3.05, 3.63) is 17.0 Å². The summed E-state index contributed by atoms with van der Waals surface area (Å²) in [5.74, 6) is 0. The average Bonchev–Trinajstić information content (AvgIpc) is 2.50. The zero-order valence-electron chi connectivity index (χ0n) is 12.3. The van der Waals surface area contributed by atoms with Crippen molar-refractivity contribution in [2.75, 3.05) is 0 Å². The van der Waals surface area contributed by atoms with Crippen LogP contribution < -0.4 is 0 Å². The second kappa shape index (κ2) is 5.55. The lowest BCUT2D eigenvalue weighted by Gasteiger charge is -2.19. The first-order chi connectivity index (χ1) is 8.26. The normalized spacial score (nSPS) is 11.7. The number of aryl methyl sites for hydroxylation is 1. The summed E-state index contributed by atoms with van der Waals surface area (Å²) >= 11 is 0. The molecular formula is C14H24N2O2. The maximum Gasteiger partial charge on any atom is 0.435 e. The van der Waals surface area contributed by atoms with Crippen molar-refractivity contribution in [2.45, 2.75) is 66.4 Å². The smallest absolute Gasteiger partial charge is 0.435 e. The predicted octanol–water partition coefficient (Wildman–Crippen LogP) is 3.63. The number of unbranched alkanes of at least 4 members (excludes halogenated alkanes) is 1. The van der Waals surface area contributed by atoms with Gasteiger partial charge in [0.05, 0.1) is 11.4 Å². The van der Waals surface area contributed by atoms with E-state index in [1.54, 1.807) is 0 Å². The number of rotatable bonds is 3. The highest BCUT2D eigenvalue weighted by Gasteiger charge is 2.22. The monoisotopic (exact) mass is 252 g/mol. The minimum Gasteiger partial charge on any atom is -0.442 e. The van der Waals surface area contributed by atoms with Gasteiger partial charge in [-0.1, -0.05) is 13.3 Å². The van der Waals surface area contributed by atoms with Crippen molar-refractivity contribution in [3.63, 3.8) is 0 Å². The Kier molecular flexibility index (Phi) is 4.54. The third kappa shape index (κ3) is 3.59. The molecule has 0 unspecified atom stereocenters. The van der Waals surface area contributed by atoms with Crippen LogP contribution in [-0.4, -0.2) is 21.5 Å². The van der Waals surface area contributed by atoms with Gasteiger partial charge in [0.1, 0.15) is 5.60 Å². The fourth-order valence-corrected chi connectivity index (χ4v) is 1.87. The molecule has 1 aromatic rings. The maximum atomic E-state index is 12.0. The van der Waals surface area contributed by atoms with Gasteiger partial charge in [0.15, 0.2) is 0 Å². The number of hydrogen-bond acceptors (Lipinski definition) is 3. The molecule has 0 aliphatic heterocycles. The van der Waals surface area contributed by atoms with E-state index in [0.717, 1.165) is 30.7 Å². The van der Waals surface area contributed by atoms with E-state index in [-0.39, 0.29) is 0 Å². The van der Waals surface area contributed by atoms with Crippen LogP contribution in [0.5, 0.6) is 0 Å². The van der Waals surface area contributed by atoms with Crippen LogP contribution >= 0.6 is 0 Å². The third-order valence-corrected chi connectivity index (χ3v) is 2.79. The van der Waals surface area contributed by atoms with Crippen LogP contribution in [0.1, 0.15) is 57.5 Å². The van der Waals surface area contributed by atoms with E-state index in [1.807, 2.05) is 34.6 Å². The molecule has 0 N–H and O–H groups in total. The number of nitrogens with zero attached hydrogens (tertiary/aromatic N) is 2. The molecule has 0 aromatic carbocycles. The molecule has 0 amide bonds. The molecular weight excluding hydrogens is 228 g/mol. The number of hydrogen-bond donors (Lipinski definition) is 0. The second-order valence-electron chi connectivity index (χ2n) is 5.65. The zero-order valence-corrected chi connectivity index (χ0v) is 12.3. The van der Waals surface area contributed by atoms with Crippen molar-refractivity contribution in [1.29, 1.82) is 0 Å². The fraction of sp³-hybridized carbons (Fsp3) is 0.714. The van der Waals surface area contributed by atoms with Gasteiger partial charge in [0.2, 0.25) is 0 Å². The van der Waals surface area contributed by atoms with E-state index in [1.165, 1.54) is 10.2 Å². The lowest BCUT2D eigenvalue weighted by atomic mass is 10.1. The second-order valence-corrected chi connectivity index (χ2v) is 5.65. The van der Waals surface area contributed by atoms with Gasteiger partial charge in [-0.05, 0) is 53.0 Å². The molecule has 0 fully saturated rings. The summed E-state index contributed by atoms with van der Waals surface area (Å²) in [6.45, 7) is 11.6. The van der Waals surface area contributed by atoms with Crippen molar-refractivity contribution >= 4 is 6.09 Å². The Labute approximate surface area is 109 Å². The van der Waals surface area contributed by atoms with E-state index >= 15 is 0 Å². The molecule has 0 aliphatic rings. The Morgan fingerprint density at radius 1 is 1.33 bits per heavy atom. The van der Waals surface area contributed by atoms with Crippen molar-refractivity contribution in [3.8, 4) is 0 Å². The van der Waals surface area contributed by atoms with Crippen LogP contribution in [0.3, 0.4) is 0 Å². The quantitative estimate of drug-likeness (QED) is 0.825. The Balaban J connectivity index is 2.94. The average molecular weight is 252 g/mol. The summed E-state index contributed by atoms with van der Waals surface area (Å²) in [6, 6.07) is 0. The molecule has 102 valence electrons. The van der Waals surface area contributed by atoms with Crippen LogP contribution in [0.4, 0.5) is 4.79 Å². The van der Waals surface area contributed by atoms with Crippen LogP contribution in [0, 0.1) is 13.8 Å². The molecule has 4 nitrogen and oxygen atoms in total. The standard InChI is InChI=1S/C14H24N2O2/c1-7-8-9-12-10(2)15-16(11(12)3)13(17)18-14(4,5)6/h7-9H2,1-6H3. The van der Waals surface area contributed by atoms with Gasteiger partial charge in [-0.25, -0.2) is 4.79 Å². The molecule has 0 saturated carbocycles. The van der Waals surface area contributed by atoms with Gasteiger partial charge in [-0.2, -0.15) is 9.78 Å². The van der Waals surface area contributed by atoms with E-state index in [2.05, 4.69) is 12.0 Å². The highest BCUT2D eigenvalue weighted by atomic mass is 16.6. The van der Waals surface area contributed by atoms with Gasteiger partial charge in [0.25, 0.3) is 0 Å². The van der Waals surface area contributed by atoms with Gasteiger partial charge >= 0.3 is 6.09 Å².